The van der Waals surface area contributed by atoms with Gasteiger partial charge in [-0.05, 0) is 17.2 Å². The number of hydrogen-bond acceptors (Lipinski definition) is 12. The van der Waals surface area contributed by atoms with Crippen molar-refractivity contribution in [2.75, 3.05) is 0 Å². The van der Waals surface area contributed by atoms with Crippen LogP contribution in [-0.4, -0.2) is 29.9 Å². The van der Waals surface area contributed by atoms with E-state index in [9.17, 15) is 66.7 Å². The molecule has 2 heterocycles. The second-order valence-corrected chi connectivity index (χ2v) is 9.21. The maximum Gasteiger partial charge on any atom is 0.451 e. The Morgan fingerprint density at radius 3 is 1.16 bits per heavy atom. The number of nitriles is 6. The molecule has 0 atom stereocenters. The molecule has 3 aromatic rings. The Hall–Kier alpha value is -7.49. The van der Waals surface area contributed by atoms with Crippen LogP contribution in [0.25, 0.3) is 33.4 Å². The number of alkyl halides is 6. The van der Waals surface area contributed by atoms with Gasteiger partial charge < -0.3 is 0 Å². The van der Waals surface area contributed by atoms with Gasteiger partial charge in [-0.3, -0.25) is 0 Å². The Labute approximate surface area is 264 Å². The van der Waals surface area contributed by atoms with E-state index in [1.165, 1.54) is 36.4 Å². The topological polar surface area (TPSA) is 220 Å². The molecule has 49 heavy (non-hydrogen) atoms. The first-order valence-electron chi connectivity index (χ1n) is 12.3. The highest BCUT2D eigenvalue weighted by Gasteiger charge is 2.44. The molecular weight excluding hydrogens is 675 g/mol. The Bertz CT molecular complexity index is 2260. The summed E-state index contributed by atoms with van der Waals surface area (Å²) in [6.45, 7) is 0. The van der Waals surface area contributed by atoms with Crippen molar-refractivity contribution < 1.29 is 39.5 Å². The molecule has 0 radical (unpaired) electrons. The highest BCUT2D eigenvalue weighted by Crippen LogP contribution is 2.55. The SMILES string of the molecule is N#CC(C#N)=C1C(c2nc(F)nc(C(F)(F)F)n2)=C(C#N)c2c1cc1c(c2F)C(C#N)=C(c2nc(F)nc(C(F)(F)F)n2)C1=C(C#N)C#N. The summed E-state index contributed by atoms with van der Waals surface area (Å²) in [4.78, 5) is 17.5. The number of benzene rings is 1. The Balaban J connectivity index is 1.99. The summed E-state index contributed by atoms with van der Waals surface area (Å²) in [6.07, 6.45) is -14.9. The molecule has 236 valence electrons. The molecule has 0 unspecified atom stereocenters. The summed E-state index contributed by atoms with van der Waals surface area (Å²) >= 11 is 0. The number of nitrogens with zero attached hydrogens (tertiary/aromatic N) is 12. The fourth-order valence-electron chi connectivity index (χ4n) is 4.94. The molecule has 0 saturated heterocycles. The number of aromatic nitrogens is 6. The number of rotatable bonds is 2. The molecule has 2 aromatic heterocycles. The van der Waals surface area contributed by atoms with E-state index in [1.807, 2.05) is 0 Å². The molecule has 0 amide bonds. The van der Waals surface area contributed by atoms with Gasteiger partial charge in [0.15, 0.2) is 11.6 Å². The van der Waals surface area contributed by atoms with E-state index >= 15 is 4.39 Å². The third-order valence-electron chi connectivity index (χ3n) is 6.65. The van der Waals surface area contributed by atoms with Crippen molar-refractivity contribution in [3.63, 3.8) is 0 Å². The van der Waals surface area contributed by atoms with Gasteiger partial charge in [-0.2, -0.15) is 86.6 Å². The van der Waals surface area contributed by atoms with E-state index in [0.717, 1.165) is 6.07 Å². The average molecular weight is 676 g/mol. The molecule has 2 aliphatic rings. The fraction of sp³-hybridized carbons (Fsp3) is 0.0714. The number of halogens is 9. The van der Waals surface area contributed by atoms with Crippen LogP contribution in [0.3, 0.4) is 0 Å². The Morgan fingerprint density at radius 2 is 0.878 bits per heavy atom. The van der Waals surface area contributed by atoms with Crippen LogP contribution in [0.2, 0.25) is 0 Å². The van der Waals surface area contributed by atoms with Crippen molar-refractivity contribution in [3.8, 4) is 36.4 Å². The third kappa shape index (κ3) is 5.10. The highest BCUT2D eigenvalue weighted by atomic mass is 19.4. The number of hydrogen-bond donors (Lipinski definition) is 0. The lowest BCUT2D eigenvalue weighted by Gasteiger charge is -2.12. The van der Waals surface area contributed by atoms with E-state index in [1.54, 1.807) is 0 Å². The largest absolute Gasteiger partial charge is 0.451 e. The molecule has 21 heteroatoms. The summed E-state index contributed by atoms with van der Waals surface area (Å²) in [7, 11) is 0. The minimum atomic E-state index is -5.41. The van der Waals surface area contributed by atoms with Crippen molar-refractivity contribution >= 4 is 33.4 Å². The molecule has 0 aliphatic heterocycles. The van der Waals surface area contributed by atoms with E-state index in [2.05, 4.69) is 29.9 Å². The Morgan fingerprint density at radius 1 is 0.531 bits per heavy atom. The van der Waals surface area contributed by atoms with Crippen molar-refractivity contribution in [1.82, 2.24) is 29.9 Å². The first-order chi connectivity index (χ1) is 23.1. The maximum atomic E-state index is 16.8. The van der Waals surface area contributed by atoms with Crippen LogP contribution < -0.4 is 0 Å². The predicted molar refractivity (Wildman–Crippen MR) is 137 cm³/mol. The first kappa shape index (κ1) is 32.9. The normalized spacial score (nSPS) is 13.4. The van der Waals surface area contributed by atoms with Crippen LogP contribution in [0.4, 0.5) is 39.5 Å². The second kappa shape index (κ2) is 11.4. The minimum absolute atomic E-state index is 0.709. The molecule has 0 fully saturated rings. The van der Waals surface area contributed by atoms with Gasteiger partial charge in [0.05, 0.1) is 11.1 Å². The minimum Gasteiger partial charge on any atom is -0.206 e. The lowest BCUT2D eigenvalue weighted by molar-refractivity contribution is -0.146. The molecule has 0 bridgehead atoms. The highest BCUT2D eigenvalue weighted by molar-refractivity contribution is 6.29. The summed E-state index contributed by atoms with van der Waals surface area (Å²) in [5, 5.41) is 59.0. The standard InChI is InChI=1S/C28HF9N12/c29-20-16-10(14(8(2-38)3-39)18(12(16)6-42)21-44-23(27(32,33)34)48-25(30)46-21)1-11-15(9(4-40)5-41)19(13(7-43)17(11)20)22-45-24(28(35,36)37)49-26(31)47-22/h1H. The van der Waals surface area contributed by atoms with Crippen molar-refractivity contribution in [1.29, 1.82) is 31.6 Å². The van der Waals surface area contributed by atoms with Crippen molar-refractivity contribution in [2.24, 2.45) is 0 Å². The van der Waals surface area contributed by atoms with Crippen LogP contribution in [0.1, 0.15) is 45.6 Å². The van der Waals surface area contributed by atoms with Gasteiger partial charge in [0, 0.05) is 33.4 Å². The summed E-state index contributed by atoms with van der Waals surface area (Å²) in [5.41, 5.74) is -11.1. The smallest absolute Gasteiger partial charge is 0.206 e. The lowest BCUT2D eigenvalue weighted by Crippen LogP contribution is -2.15. The second-order valence-electron chi connectivity index (χ2n) is 9.21. The summed E-state index contributed by atoms with van der Waals surface area (Å²) in [5.74, 6) is -8.54. The van der Waals surface area contributed by atoms with Crippen LogP contribution in [0.15, 0.2) is 17.2 Å². The summed E-state index contributed by atoms with van der Waals surface area (Å²) < 4.78 is 126. The molecular formula is C28HF9N12. The third-order valence-corrected chi connectivity index (χ3v) is 6.65. The molecule has 1 aromatic carbocycles. The maximum absolute atomic E-state index is 16.8. The predicted octanol–water partition coefficient (Wildman–Crippen LogP) is 5.01. The van der Waals surface area contributed by atoms with Crippen LogP contribution in [0.5, 0.6) is 0 Å². The zero-order valence-corrected chi connectivity index (χ0v) is 22.8. The first-order valence-corrected chi connectivity index (χ1v) is 12.3. The summed E-state index contributed by atoms with van der Waals surface area (Å²) in [6, 6.07) is 9.10. The van der Waals surface area contributed by atoms with Gasteiger partial charge in [0.25, 0.3) is 0 Å². The number of fused-ring (bicyclic) bond motifs is 2. The van der Waals surface area contributed by atoms with E-state index in [0.29, 0.717) is 0 Å². The van der Waals surface area contributed by atoms with Crippen LogP contribution in [-0.2, 0) is 12.4 Å². The average Bonchev–Trinajstić information content (AvgIpc) is 3.54. The Kier molecular flexibility index (Phi) is 7.65. The van der Waals surface area contributed by atoms with Gasteiger partial charge in [0.2, 0.25) is 11.6 Å². The van der Waals surface area contributed by atoms with Crippen LogP contribution >= 0.6 is 0 Å². The monoisotopic (exact) mass is 676 g/mol. The molecule has 2 aliphatic carbocycles. The van der Waals surface area contributed by atoms with Gasteiger partial charge in [-0.15, -0.1) is 0 Å². The van der Waals surface area contributed by atoms with Gasteiger partial charge >= 0.3 is 24.5 Å². The molecule has 0 saturated carbocycles. The van der Waals surface area contributed by atoms with Gasteiger partial charge in [-0.25, -0.2) is 14.4 Å². The fourth-order valence-corrected chi connectivity index (χ4v) is 4.94. The molecule has 12 nitrogen and oxygen atoms in total. The van der Waals surface area contributed by atoms with Crippen molar-refractivity contribution in [2.45, 2.75) is 12.4 Å². The molecule has 0 N–H and O–H groups in total. The van der Waals surface area contributed by atoms with Crippen LogP contribution in [0, 0.1) is 86.0 Å². The van der Waals surface area contributed by atoms with E-state index < -0.39 is 120 Å². The molecule has 0 spiro atoms. The lowest BCUT2D eigenvalue weighted by atomic mass is 9.90. The zero-order chi connectivity index (χ0) is 36.2. The van der Waals surface area contributed by atoms with Crippen molar-refractivity contribution in [3.05, 3.63) is 80.7 Å². The van der Waals surface area contributed by atoms with Gasteiger partial charge in [-0.1, -0.05) is 0 Å². The zero-order valence-electron chi connectivity index (χ0n) is 22.8. The number of allylic oxidation sites excluding steroid dienone is 8. The molecule has 5 rings (SSSR count). The van der Waals surface area contributed by atoms with E-state index in [4.69, 9.17) is 0 Å². The van der Waals surface area contributed by atoms with E-state index in [-0.39, 0.29) is 0 Å². The quantitative estimate of drug-likeness (QED) is 0.258. The van der Waals surface area contributed by atoms with Gasteiger partial charge in [0.1, 0.15) is 53.4 Å².